The van der Waals surface area contributed by atoms with Crippen LogP contribution >= 0.6 is 0 Å². The minimum absolute atomic E-state index is 0.0926. The quantitative estimate of drug-likeness (QED) is 0.815. The molecule has 1 amide bonds. The molecule has 0 bridgehead atoms. The summed E-state index contributed by atoms with van der Waals surface area (Å²) in [7, 11) is 0. The molecule has 3 aliphatic rings. The van der Waals surface area contributed by atoms with E-state index in [1.807, 2.05) is 6.92 Å². The number of carbonyl (C=O) groups excluding carboxylic acids is 2. The van der Waals surface area contributed by atoms with Gasteiger partial charge in [-0.25, -0.2) is 5.48 Å². The minimum atomic E-state index is 0.0926. The first-order chi connectivity index (χ1) is 9.65. The lowest BCUT2D eigenvalue weighted by Crippen LogP contribution is -2.30. The smallest absolute Gasteiger partial charge is 0.223 e. The highest BCUT2D eigenvalue weighted by molar-refractivity contribution is 5.94. The van der Waals surface area contributed by atoms with E-state index < -0.39 is 0 Å². The maximum Gasteiger partial charge on any atom is 0.223 e. The Morgan fingerprint density at radius 1 is 1.50 bits per heavy atom. The number of hydrogen-bond donors (Lipinski definition) is 2. The van der Waals surface area contributed by atoms with Gasteiger partial charge in [0.05, 0.1) is 5.70 Å². The van der Waals surface area contributed by atoms with Gasteiger partial charge < -0.3 is 10.2 Å². The number of rotatable bonds is 4. The number of carbonyl (C=O) groups is 2. The number of hydrogen-bond acceptors (Lipinski definition) is 4. The molecule has 2 N–H and O–H groups in total. The second-order valence-electron chi connectivity index (χ2n) is 5.42. The van der Waals surface area contributed by atoms with Crippen molar-refractivity contribution < 1.29 is 14.4 Å². The highest BCUT2D eigenvalue weighted by Gasteiger charge is 2.29. The van der Waals surface area contributed by atoms with Gasteiger partial charge in [0.15, 0.2) is 11.5 Å². The van der Waals surface area contributed by atoms with Crippen molar-refractivity contribution in [3.8, 4) is 0 Å². The fraction of sp³-hybridized carbons (Fsp3) is 0.467. The Bertz CT molecular complexity index is 553. The Morgan fingerprint density at radius 2 is 2.30 bits per heavy atom. The van der Waals surface area contributed by atoms with E-state index in [0.717, 1.165) is 29.7 Å². The molecule has 0 aromatic heterocycles. The third-order valence-electron chi connectivity index (χ3n) is 3.82. The second-order valence-corrected chi connectivity index (χ2v) is 5.42. The van der Waals surface area contributed by atoms with Gasteiger partial charge in [0.1, 0.15) is 0 Å². The summed E-state index contributed by atoms with van der Waals surface area (Å²) in [5, 5.41) is 2.92. The van der Waals surface area contributed by atoms with Crippen molar-refractivity contribution in [1.29, 1.82) is 0 Å². The minimum Gasteiger partial charge on any atom is -0.382 e. The van der Waals surface area contributed by atoms with Crippen molar-refractivity contribution in [1.82, 2.24) is 10.8 Å². The molecule has 106 valence electrons. The van der Waals surface area contributed by atoms with Gasteiger partial charge in [-0.3, -0.25) is 9.59 Å². The SMILES string of the molecule is CC1=C(CCNC(=O)C2CC2)NOC2=CCC(=O)C=C21. The predicted molar refractivity (Wildman–Crippen MR) is 73.1 cm³/mol. The first-order valence-corrected chi connectivity index (χ1v) is 7.01. The summed E-state index contributed by atoms with van der Waals surface area (Å²) >= 11 is 0. The lowest BCUT2D eigenvalue weighted by atomic mass is 9.95. The Hall–Kier alpha value is -2.04. The summed E-state index contributed by atoms with van der Waals surface area (Å²) in [5.41, 5.74) is 5.69. The number of amides is 1. The summed E-state index contributed by atoms with van der Waals surface area (Å²) in [6.45, 7) is 2.55. The molecular weight excluding hydrogens is 256 g/mol. The molecule has 0 aromatic carbocycles. The van der Waals surface area contributed by atoms with E-state index >= 15 is 0 Å². The van der Waals surface area contributed by atoms with Gasteiger partial charge in [-0.15, -0.1) is 0 Å². The lowest BCUT2D eigenvalue weighted by Gasteiger charge is -2.26. The molecule has 2 aliphatic carbocycles. The third-order valence-corrected chi connectivity index (χ3v) is 3.82. The van der Waals surface area contributed by atoms with E-state index in [4.69, 9.17) is 4.84 Å². The van der Waals surface area contributed by atoms with Gasteiger partial charge in [-0.1, -0.05) is 0 Å². The molecule has 20 heavy (non-hydrogen) atoms. The molecule has 0 saturated heterocycles. The number of allylic oxidation sites excluding steroid dienone is 3. The number of nitrogens with one attached hydrogen (secondary N) is 2. The molecule has 1 aliphatic heterocycles. The van der Waals surface area contributed by atoms with Gasteiger partial charge in [0.25, 0.3) is 0 Å². The zero-order valence-corrected chi connectivity index (χ0v) is 11.5. The largest absolute Gasteiger partial charge is 0.382 e. The van der Waals surface area contributed by atoms with E-state index in [2.05, 4.69) is 10.8 Å². The monoisotopic (exact) mass is 274 g/mol. The van der Waals surface area contributed by atoms with Gasteiger partial charge in [0, 0.05) is 30.9 Å². The fourth-order valence-electron chi connectivity index (χ4n) is 2.38. The van der Waals surface area contributed by atoms with Crippen molar-refractivity contribution in [2.24, 2.45) is 5.92 Å². The van der Waals surface area contributed by atoms with Crippen LogP contribution in [0.1, 0.15) is 32.6 Å². The first-order valence-electron chi connectivity index (χ1n) is 7.01. The highest BCUT2D eigenvalue weighted by atomic mass is 16.6. The van der Waals surface area contributed by atoms with Crippen molar-refractivity contribution in [3.63, 3.8) is 0 Å². The van der Waals surface area contributed by atoms with E-state index in [9.17, 15) is 9.59 Å². The van der Waals surface area contributed by atoms with Crippen LogP contribution in [-0.2, 0) is 14.4 Å². The molecule has 5 nitrogen and oxygen atoms in total. The molecule has 0 unspecified atom stereocenters. The van der Waals surface area contributed by atoms with Gasteiger partial charge in [-0.2, -0.15) is 0 Å². The Labute approximate surface area is 117 Å². The average molecular weight is 274 g/mol. The Balaban J connectivity index is 1.63. The van der Waals surface area contributed by atoms with Crippen LogP contribution in [0.25, 0.3) is 0 Å². The van der Waals surface area contributed by atoms with Gasteiger partial charge in [-0.05, 0) is 37.5 Å². The van der Waals surface area contributed by atoms with Crippen LogP contribution in [0.4, 0.5) is 0 Å². The lowest BCUT2D eigenvalue weighted by molar-refractivity contribution is -0.122. The van der Waals surface area contributed by atoms with Crippen LogP contribution in [0.15, 0.2) is 34.8 Å². The molecule has 0 radical (unpaired) electrons. The molecule has 0 spiro atoms. The number of hydroxylamine groups is 1. The second kappa shape index (κ2) is 5.15. The zero-order chi connectivity index (χ0) is 14.1. The molecule has 1 heterocycles. The van der Waals surface area contributed by atoms with Crippen molar-refractivity contribution >= 4 is 11.7 Å². The maximum atomic E-state index is 11.6. The summed E-state index contributed by atoms with van der Waals surface area (Å²) in [6, 6.07) is 0. The predicted octanol–water partition coefficient (Wildman–Crippen LogP) is 1.49. The van der Waals surface area contributed by atoms with E-state index in [0.29, 0.717) is 25.1 Å². The normalized spacial score (nSPS) is 21.4. The van der Waals surface area contributed by atoms with Crippen LogP contribution in [-0.4, -0.2) is 18.2 Å². The summed E-state index contributed by atoms with van der Waals surface area (Å²) < 4.78 is 0. The third kappa shape index (κ3) is 2.61. The van der Waals surface area contributed by atoms with Crippen LogP contribution in [0.5, 0.6) is 0 Å². The van der Waals surface area contributed by atoms with Crippen LogP contribution < -0.4 is 10.8 Å². The fourth-order valence-corrected chi connectivity index (χ4v) is 2.38. The molecule has 3 rings (SSSR count). The van der Waals surface area contributed by atoms with E-state index in [1.54, 1.807) is 12.2 Å². The topological polar surface area (TPSA) is 67.4 Å². The summed E-state index contributed by atoms with van der Waals surface area (Å²) in [4.78, 5) is 28.5. The van der Waals surface area contributed by atoms with Gasteiger partial charge >= 0.3 is 0 Å². The molecule has 5 heteroatoms. The summed E-state index contributed by atoms with van der Waals surface area (Å²) in [5.74, 6) is 1.18. The maximum absolute atomic E-state index is 11.6. The van der Waals surface area contributed by atoms with Crippen LogP contribution in [0.3, 0.4) is 0 Å². The number of ketones is 1. The first kappa shape index (κ1) is 13.0. The Kier molecular flexibility index (Phi) is 3.34. The Morgan fingerprint density at radius 3 is 3.05 bits per heavy atom. The average Bonchev–Trinajstić information content (AvgIpc) is 3.26. The summed E-state index contributed by atoms with van der Waals surface area (Å²) in [6.07, 6.45) is 6.51. The highest BCUT2D eigenvalue weighted by Crippen LogP contribution is 2.31. The van der Waals surface area contributed by atoms with Gasteiger partial charge in [0.2, 0.25) is 5.91 Å². The van der Waals surface area contributed by atoms with Crippen LogP contribution in [0, 0.1) is 5.92 Å². The molecule has 1 saturated carbocycles. The van der Waals surface area contributed by atoms with Crippen LogP contribution in [0.2, 0.25) is 0 Å². The van der Waals surface area contributed by atoms with Crippen molar-refractivity contribution in [2.45, 2.75) is 32.6 Å². The molecular formula is C15H18N2O3. The molecule has 1 fully saturated rings. The standard InChI is InChI=1S/C15H18N2O3/c1-9-12-8-11(18)4-5-14(12)20-17-13(9)6-7-16-15(19)10-2-3-10/h5,8,10,17H,2-4,6-7H2,1H3,(H,16,19). The number of fused-ring (bicyclic) bond motifs is 1. The zero-order valence-electron chi connectivity index (χ0n) is 11.5. The van der Waals surface area contributed by atoms with E-state index in [1.165, 1.54) is 0 Å². The van der Waals surface area contributed by atoms with Crippen molar-refractivity contribution in [3.05, 3.63) is 34.8 Å². The van der Waals surface area contributed by atoms with E-state index in [-0.39, 0.29) is 17.6 Å². The molecule has 0 aromatic rings. The van der Waals surface area contributed by atoms with Crippen molar-refractivity contribution in [2.75, 3.05) is 6.54 Å². The molecule has 0 atom stereocenters.